The molecule has 0 atom stereocenters. The number of hydrogen-bond donors (Lipinski definition) is 0. The Labute approximate surface area is 178 Å². The Morgan fingerprint density at radius 3 is 2.53 bits per heavy atom. The average Bonchev–Trinajstić information content (AvgIpc) is 2.80. The maximum absolute atomic E-state index is 12.9. The molecule has 7 heteroatoms. The SMILES string of the molecule is COc1nccc(N2CCC(CC(=O)N3CCN(c4cccc(C)c4)CC3)CC2)n1. The molecule has 2 aromatic rings. The van der Waals surface area contributed by atoms with E-state index in [9.17, 15) is 4.79 Å². The Morgan fingerprint density at radius 2 is 1.83 bits per heavy atom. The lowest BCUT2D eigenvalue weighted by molar-refractivity contribution is -0.132. The predicted molar refractivity (Wildman–Crippen MR) is 118 cm³/mol. The summed E-state index contributed by atoms with van der Waals surface area (Å²) in [4.78, 5) is 28.0. The van der Waals surface area contributed by atoms with Gasteiger partial charge in [0.15, 0.2) is 0 Å². The maximum Gasteiger partial charge on any atom is 0.318 e. The molecule has 0 N–H and O–H groups in total. The van der Waals surface area contributed by atoms with Crippen molar-refractivity contribution in [2.24, 2.45) is 5.92 Å². The quantitative estimate of drug-likeness (QED) is 0.757. The van der Waals surface area contributed by atoms with Gasteiger partial charge >= 0.3 is 6.01 Å². The number of carbonyl (C=O) groups is 1. The van der Waals surface area contributed by atoms with Crippen molar-refractivity contribution in [1.82, 2.24) is 14.9 Å². The van der Waals surface area contributed by atoms with Gasteiger partial charge in [0, 0.05) is 57.6 Å². The highest BCUT2D eigenvalue weighted by atomic mass is 16.5. The van der Waals surface area contributed by atoms with Gasteiger partial charge in [-0.15, -0.1) is 0 Å². The second kappa shape index (κ2) is 9.32. The van der Waals surface area contributed by atoms with Gasteiger partial charge in [-0.05, 0) is 49.4 Å². The van der Waals surface area contributed by atoms with E-state index in [1.54, 1.807) is 13.3 Å². The number of rotatable bonds is 5. The summed E-state index contributed by atoms with van der Waals surface area (Å²) in [6.07, 6.45) is 4.42. The van der Waals surface area contributed by atoms with Crippen LogP contribution < -0.4 is 14.5 Å². The van der Waals surface area contributed by atoms with Crippen molar-refractivity contribution < 1.29 is 9.53 Å². The van der Waals surface area contributed by atoms with Gasteiger partial charge in [0.2, 0.25) is 5.91 Å². The minimum absolute atomic E-state index is 0.307. The van der Waals surface area contributed by atoms with Crippen molar-refractivity contribution in [2.45, 2.75) is 26.2 Å². The second-order valence-corrected chi connectivity index (χ2v) is 8.24. The molecule has 0 saturated carbocycles. The summed E-state index contributed by atoms with van der Waals surface area (Å²) in [7, 11) is 1.58. The molecule has 0 spiro atoms. The van der Waals surface area contributed by atoms with E-state index in [0.717, 1.165) is 57.9 Å². The largest absolute Gasteiger partial charge is 0.467 e. The van der Waals surface area contributed by atoms with Crippen LogP contribution in [0, 0.1) is 12.8 Å². The third-order valence-electron chi connectivity index (χ3n) is 6.20. The summed E-state index contributed by atoms with van der Waals surface area (Å²) in [5, 5.41) is 0. The molecule has 1 aromatic heterocycles. The molecule has 160 valence electrons. The molecule has 30 heavy (non-hydrogen) atoms. The van der Waals surface area contributed by atoms with Crippen LogP contribution in [0.15, 0.2) is 36.5 Å². The van der Waals surface area contributed by atoms with Gasteiger partial charge in [-0.25, -0.2) is 4.98 Å². The summed E-state index contributed by atoms with van der Waals surface area (Å²) in [6, 6.07) is 10.9. The highest BCUT2D eigenvalue weighted by Crippen LogP contribution is 2.26. The smallest absolute Gasteiger partial charge is 0.318 e. The zero-order valence-corrected chi connectivity index (χ0v) is 18.0. The second-order valence-electron chi connectivity index (χ2n) is 8.24. The first kappa shape index (κ1) is 20.4. The van der Waals surface area contributed by atoms with Crippen LogP contribution in [0.1, 0.15) is 24.8 Å². The van der Waals surface area contributed by atoms with Crippen LogP contribution in [0.3, 0.4) is 0 Å². The van der Waals surface area contributed by atoms with E-state index in [-0.39, 0.29) is 0 Å². The fourth-order valence-electron chi connectivity index (χ4n) is 4.39. The van der Waals surface area contributed by atoms with E-state index in [0.29, 0.717) is 24.3 Å². The molecule has 2 fully saturated rings. The Morgan fingerprint density at radius 1 is 1.07 bits per heavy atom. The van der Waals surface area contributed by atoms with Crippen molar-refractivity contribution in [1.29, 1.82) is 0 Å². The fraction of sp³-hybridized carbons (Fsp3) is 0.522. The number of carbonyl (C=O) groups excluding carboxylic acids is 1. The third kappa shape index (κ3) is 4.83. The number of methoxy groups -OCH3 is 1. The molecule has 3 heterocycles. The Kier molecular flexibility index (Phi) is 6.35. The molecule has 1 aromatic carbocycles. The summed E-state index contributed by atoms with van der Waals surface area (Å²) in [6.45, 7) is 7.39. The number of nitrogens with zero attached hydrogens (tertiary/aromatic N) is 5. The Balaban J connectivity index is 1.23. The van der Waals surface area contributed by atoms with Crippen LogP contribution in [0.4, 0.5) is 11.5 Å². The van der Waals surface area contributed by atoms with Crippen LogP contribution in [-0.4, -0.2) is 67.2 Å². The van der Waals surface area contributed by atoms with E-state index in [4.69, 9.17) is 4.74 Å². The molecule has 1 amide bonds. The van der Waals surface area contributed by atoms with Crippen LogP contribution >= 0.6 is 0 Å². The molecule has 2 saturated heterocycles. The molecule has 2 aliphatic heterocycles. The predicted octanol–water partition coefficient (Wildman–Crippen LogP) is 2.75. The molecular formula is C23H31N5O2. The number of benzene rings is 1. The van der Waals surface area contributed by atoms with E-state index in [1.807, 2.05) is 11.0 Å². The number of hydrogen-bond acceptors (Lipinski definition) is 6. The third-order valence-corrected chi connectivity index (χ3v) is 6.20. The normalized spacial score (nSPS) is 17.9. The van der Waals surface area contributed by atoms with Gasteiger partial charge in [0.1, 0.15) is 5.82 Å². The van der Waals surface area contributed by atoms with Gasteiger partial charge in [-0.1, -0.05) is 12.1 Å². The van der Waals surface area contributed by atoms with Crippen molar-refractivity contribution in [2.75, 3.05) is 56.2 Å². The van der Waals surface area contributed by atoms with E-state index in [1.165, 1.54) is 11.3 Å². The van der Waals surface area contributed by atoms with E-state index >= 15 is 0 Å². The lowest BCUT2D eigenvalue weighted by Crippen LogP contribution is -2.49. The van der Waals surface area contributed by atoms with Gasteiger partial charge in [0.25, 0.3) is 0 Å². The minimum atomic E-state index is 0.307. The average molecular weight is 410 g/mol. The molecule has 7 nitrogen and oxygen atoms in total. The number of aromatic nitrogens is 2. The molecular weight excluding hydrogens is 378 g/mol. The monoisotopic (exact) mass is 409 g/mol. The highest BCUT2D eigenvalue weighted by molar-refractivity contribution is 5.77. The van der Waals surface area contributed by atoms with Gasteiger partial charge in [0.05, 0.1) is 7.11 Å². The first-order chi connectivity index (χ1) is 14.6. The lowest BCUT2D eigenvalue weighted by Gasteiger charge is -2.38. The zero-order valence-electron chi connectivity index (χ0n) is 18.0. The first-order valence-corrected chi connectivity index (χ1v) is 10.8. The molecule has 0 aliphatic carbocycles. The Bertz CT molecular complexity index is 858. The molecule has 4 rings (SSSR count). The number of amides is 1. The first-order valence-electron chi connectivity index (χ1n) is 10.8. The molecule has 0 radical (unpaired) electrons. The van der Waals surface area contributed by atoms with Crippen LogP contribution in [0.25, 0.3) is 0 Å². The topological polar surface area (TPSA) is 61.8 Å². The minimum Gasteiger partial charge on any atom is -0.467 e. The summed E-state index contributed by atoms with van der Waals surface area (Å²) >= 11 is 0. The number of ether oxygens (including phenoxy) is 1. The number of aryl methyl sites for hydroxylation is 1. The Hall–Kier alpha value is -2.83. The van der Waals surface area contributed by atoms with Crippen LogP contribution in [0.5, 0.6) is 6.01 Å². The van der Waals surface area contributed by atoms with Crippen molar-refractivity contribution >= 4 is 17.4 Å². The number of piperazine rings is 1. The van der Waals surface area contributed by atoms with Crippen LogP contribution in [0.2, 0.25) is 0 Å². The lowest BCUT2D eigenvalue weighted by atomic mass is 9.93. The molecule has 0 unspecified atom stereocenters. The van der Waals surface area contributed by atoms with Gasteiger partial charge in [-0.3, -0.25) is 4.79 Å². The van der Waals surface area contributed by atoms with Crippen molar-refractivity contribution in [3.05, 3.63) is 42.1 Å². The highest BCUT2D eigenvalue weighted by Gasteiger charge is 2.27. The van der Waals surface area contributed by atoms with E-state index in [2.05, 4.69) is 51.0 Å². The van der Waals surface area contributed by atoms with Crippen molar-refractivity contribution in [3.63, 3.8) is 0 Å². The fourth-order valence-corrected chi connectivity index (χ4v) is 4.39. The van der Waals surface area contributed by atoms with Crippen molar-refractivity contribution in [3.8, 4) is 6.01 Å². The van der Waals surface area contributed by atoms with Gasteiger partial charge < -0.3 is 19.4 Å². The molecule has 2 aliphatic rings. The summed E-state index contributed by atoms with van der Waals surface area (Å²) in [5.74, 6) is 1.66. The van der Waals surface area contributed by atoms with Gasteiger partial charge in [-0.2, -0.15) is 4.98 Å². The summed E-state index contributed by atoms with van der Waals surface area (Å²) < 4.78 is 5.13. The maximum atomic E-state index is 12.9. The number of anilines is 2. The summed E-state index contributed by atoms with van der Waals surface area (Å²) in [5.41, 5.74) is 2.54. The number of piperidine rings is 1. The standard InChI is InChI=1S/C23H31N5O2/c1-18-4-3-5-20(16-18)26-12-14-28(15-13-26)22(29)17-19-7-10-27(11-8-19)21-6-9-24-23(25-21)30-2/h3-6,9,16,19H,7-8,10-15,17H2,1-2H3. The van der Waals surface area contributed by atoms with E-state index < -0.39 is 0 Å². The van der Waals surface area contributed by atoms with Crippen LogP contribution in [-0.2, 0) is 4.79 Å². The molecule has 0 bridgehead atoms. The zero-order chi connectivity index (χ0) is 20.9.